The van der Waals surface area contributed by atoms with E-state index < -0.39 is 5.60 Å². The van der Waals surface area contributed by atoms with Crippen molar-refractivity contribution in [2.75, 3.05) is 6.54 Å². The Balaban J connectivity index is 1.83. The van der Waals surface area contributed by atoms with E-state index in [2.05, 4.69) is 27.5 Å². The van der Waals surface area contributed by atoms with E-state index in [4.69, 9.17) is 4.74 Å². The van der Waals surface area contributed by atoms with Crippen LogP contribution in [0.1, 0.15) is 52.0 Å². The van der Waals surface area contributed by atoms with Gasteiger partial charge in [-0.1, -0.05) is 12.8 Å². The zero-order valence-corrected chi connectivity index (χ0v) is 14.7. The van der Waals surface area contributed by atoms with E-state index >= 15 is 0 Å². The van der Waals surface area contributed by atoms with Crippen LogP contribution >= 0.6 is 11.3 Å². The summed E-state index contributed by atoms with van der Waals surface area (Å²) in [5, 5.41) is 10.8. The number of carbonyl (C=O) groups excluding carboxylic acids is 1. The normalized spacial score (nSPS) is 17.4. The number of nitrogens with one attached hydrogen (secondary N) is 2. The number of hydrogen-bond donors (Lipinski definition) is 2. The molecule has 0 aromatic carbocycles. The molecule has 1 unspecified atom stereocenters. The summed E-state index contributed by atoms with van der Waals surface area (Å²) >= 11 is 1.72. The van der Waals surface area contributed by atoms with E-state index in [1.165, 1.54) is 31.2 Å². The Labute approximate surface area is 137 Å². The first-order valence-electron chi connectivity index (χ1n) is 8.15. The highest BCUT2D eigenvalue weighted by atomic mass is 32.1. The van der Waals surface area contributed by atoms with E-state index in [9.17, 15) is 4.79 Å². The van der Waals surface area contributed by atoms with Crippen molar-refractivity contribution in [3.8, 4) is 0 Å². The maximum atomic E-state index is 11.9. The summed E-state index contributed by atoms with van der Waals surface area (Å²) in [7, 11) is 0. The summed E-state index contributed by atoms with van der Waals surface area (Å²) < 4.78 is 5.32. The molecule has 1 aliphatic carbocycles. The third-order valence-electron chi connectivity index (χ3n) is 3.98. The number of rotatable bonds is 6. The largest absolute Gasteiger partial charge is 0.444 e. The maximum absolute atomic E-state index is 11.9. The van der Waals surface area contributed by atoms with Gasteiger partial charge >= 0.3 is 6.09 Å². The minimum absolute atomic E-state index is 0.315. The summed E-state index contributed by atoms with van der Waals surface area (Å²) in [5.41, 5.74) is 0.863. The SMILES string of the molecule is CC(C)(C)OC(=O)NCC(NCc1ccsc1)C1CCCC1. The van der Waals surface area contributed by atoms with Gasteiger partial charge in [0.15, 0.2) is 0 Å². The smallest absolute Gasteiger partial charge is 0.407 e. The first-order valence-corrected chi connectivity index (χ1v) is 9.09. The lowest BCUT2D eigenvalue weighted by Gasteiger charge is -2.26. The summed E-state index contributed by atoms with van der Waals surface area (Å²) in [6.07, 6.45) is 4.77. The van der Waals surface area contributed by atoms with Crippen LogP contribution in [0.5, 0.6) is 0 Å². The van der Waals surface area contributed by atoms with Crippen molar-refractivity contribution in [2.24, 2.45) is 5.92 Å². The van der Waals surface area contributed by atoms with Gasteiger partial charge in [0.2, 0.25) is 0 Å². The highest BCUT2D eigenvalue weighted by Gasteiger charge is 2.26. The van der Waals surface area contributed by atoms with Gasteiger partial charge < -0.3 is 15.4 Å². The number of hydrogen-bond acceptors (Lipinski definition) is 4. The average Bonchev–Trinajstić information content (AvgIpc) is 3.09. The Morgan fingerprint density at radius 1 is 1.41 bits per heavy atom. The molecule has 0 bridgehead atoms. The van der Waals surface area contributed by atoms with E-state index in [0.717, 1.165) is 6.54 Å². The second-order valence-corrected chi connectivity index (χ2v) is 7.83. The van der Waals surface area contributed by atoms with Crippen LogP contribution in [0.25, 0.3) is 0 Å². The summed E-state index contributed by atoms with van der Waals surface area (Å²) in [5.74, 6) is 0.647. The fourth-order valence-corrected chi connectivity index (χ4v) is 3.58. The fraction of sp³-hybridized carbons (Fsp3) is 0.706. The molecule has 1 aromatic rings. The zero-order valence-electron chi connectivity index (χ0n) is 13.9. The molecule has 2 N–H and O–H groups in total. The molecule has 0 saturated heterocycles. The molecule has 1 saturated carbocycles. The molecular formula is C17H28N2O2S. The van der Waals surface area contributed by atoms with Gasteiger partial charge in [-0.2, -0.15) is 11.3 Å². The number of carbonyl (C=O) groups is 1. The Kier molecular flexibility index (Phi) is 6.26. The topological polar surface area (TPSA) is 50.4 Å². The van der Waals surface area contributed by atoms with Crippen LogP contribution in [0.2, 0.25) is 0 Å². The van der Waals surface area contributed by atoms with Crippen LogP contribution in [0.15, 0.2) is 16.8 Å². The van der Waals surface area contributed by atoms with Crippen molar-refractivity contribution >= 4 is 17.4 Å². The zero-order chi connectivity index (χ0) is 16.0. The summed E-state index contributed by atoms with van der Waals surface area (Å²) in [6.45, 7) is 7.14. The summed E-state index contributed by atoms with van der Waals surface area (Å²) in [4.78, 5) is 11.9. The molecule has 1 atom stereocenters. The van der Waals surface area contributed by atoms with Gasteiger partial charge in [0.1, 0.15) is 5.60 Å². The monoisotopic (exact) mass is 324 g/mol. The number of alkyl carbamates (subject to hydrolysis) is 1. The lowest BCUT2D eigenvalue weighted by molar-refractivity contribution is 0.0518. The fourth-order valence-electron chi connectivity index (χ4n) is 2.91. The van der Waals surface area contributed by atoms with Crippen LogP contribution in [0, 0.1) is 5.92 Å². The van der Waals surface area contributed by atoms with Crippen molar-refractivity contribution in [1.82, 2.24) is 10.6 Å². The van der Waals surface area contributed by atoms with E-state index in [1.54, 1.807) is 11.3 Å². The predicted octanol–water partition coefficient (Wildman–Crippen LogP) is 3.92. The van der Waals surface area contributed by atoms with Crippen molar-refractivity contribution in [3.05, 3.63) is 22.4 Å². The molecule has 5 heteroatoms. The van der Waals surface area contributed by atoms with Gasteiger partial charge in [0, 0.05) is 19.1 Å². The molecule has 1 heterocycles. The van der Waals surface area contributed by atoms with Gasteiger partial charge in [-0.15, -0.1) is 0 Å². The van der Waals surface area contributed by atoms with Crippen molar-refractivity contribution in [1.29, 1.82) is 0 Å². The van der Waals surface area contributed by atoms with Gasteiger partial charge in [0.05, 0.1) is 0 Å². The van der Waals surface area contributed by atoms with Crippen LogP contribution in [-0.4, -0.2) is 24.3 Å². The molecule has 0 radical (unpaired) electrons. The quantitative estimate of drug-likeness (QED) is 0.834. The van der Waals surface area contributed by atoms with E-state index in [0.29, 0.717) is 18.5 Å². The molecular weight excluding hydrogens is 296 g/mol. The molecule has 1 fully saturated rings. The van der Waals surface area contributed by atoms with Crippen molar-refractivity contribution < 1.29 is 9.53 Å². The molecule has 22 heavy (non-hydrogen) atoms. The maximum Gasteiger partial charge on any atom is 0.407 e. The Hall–Kier alpha value is -1.07. The minimum atomic E-state index is -0.447. The molecule has 1 aliphatic rings. The highest BCUT2D eigenvalue weighted by Crippen LogP contribution is 2.27. The standard InChI is InChI=1S/C17H28N2O2S/c1-17(2,3)21-16(20)19-11-15(14-6-4-5-7-14)18-10-13-8-9-22-12-13/h8-9,12,14-15,18H,4-7,10-11H2,1-3H3,(H,19,20). The van der Waals surface area contributed by atoms with Crippen molar-refractivity contribution in [3.63, 3.8) is 0 Å². The van der Waals surface area contributed by atoms with Crippen molar-refractivity contribution in [2.45, 2.75) is 64.6 Å². The Morgan fingerprint density at radius 2 is 2.14 bits per heavy atom. The lowest BCUT2D eigenvalue weighted by Crippen LogP contribution is -2.45. The molecule has 1 amide bonds. The Bertz CT molecular complexity index is 448. The molecule has 0 spiro atoms. The first kappa shape index (κ1) is 17.3. The van der Waals surface area contributed by atoms with Crippen LogP contribution in [0.4, 0.5) is 4.79 Å². The molecule has 2 rings (SSSR count). The number of ether oxygens (including phenoxy) is 1. The van der Waals surface area contributed by atoms with Crippen LogP contribution < -0.4 is 10.6 Å². The van der Waals surface area contributed by atoms with E-state index in [1.807, 2.05) is 20.8 Å². The molecule has 4 nitrogen and oxygen atoms in total. The van der Waals surface area contributed by atoms with E-state index in [-0.39, 0.29) is 6.09 Å². The minimum Gasteiger partial charge on any atom is -0.444 e. The van der Waals surface area contributed by atoms with Crippen LogP contribution in [-0.2, 0) is 11.3 Å². The molecule has 1 aromatic heterocycles. The molecule has 0 aliphatic heterocycles. The predicted molar refractivity (Wildman–Crippen MR) is 91.1 cm³/mol. The molecule has 124 valence electrons. The third-order valence-corrected chi connectivity index (χ3v) is 4.71. The third kappa shape index (κ3) is 5.97. The lowest BCUT2D eigenvalue weighted by atomic mass is 9.98. The van der Waals surface area contributed by atoms with Crippen LogP contribution in [0.3, 0.4) is 0 Å². The second kappa shape index (κ2) is 7.97. The number of thiophene rings is 1. The van der Waals surface area contributed by atoms with Gasteiger partial charge in [0.25, 0.3) is 0 Å². The average molecular weight is 324 g/mol. The van der Waals surface area contributed by atoms with Gasteiger partial charge in [-0.25, -0.2) is 4.79 Å². The highest BCUT2D eigenvalue weighted by molar-refractivity contribution is 7.07. The Morgan fingerprint density at radius 3 is 2.73 bits per heavy atom. The van der Waals surface area contributed by atoms with Gasteiger partial charge in [-0.3, -0.25) is 0 Å². The first-order chi connectivity index (χ1) is 10.4. The second-order valence-electron chi connectivity index (χ2n) is 7.05. The summed E-state index contributed by atoms with van der Waals surface area (Å²) in [6, 6.07) is 2.46. The van der Waals surface area contributed by atoms with Gasteiger partial charge in [-0.05, 0) is 61.9 Å². The number of amides is 1.